The topological polar surface area (TPSA) is 65.2 Å². The molecule has 0 atom stereocenters. The Hall–Kier alpha value is -2.95. The Balaban J connectivity index is 1.58. The third-order valence-corrected chi connectivity index (χ3v) is 4.01. The lowest BCUT2D eigenvalue weighted by Gasteiger charge is -2.05. The molecule has 0 N–H and O–H groups in total. The van der Waals surface area contributed by atoms with Crippen LogP contribution in [0.5, 0.6) is 0 Å². The summed E-state index contributed by atoms with van der Waals surface area (Å²) in [6, 6.07) is 13.7. The zero-order valence-corrected chi connectivity index (χ0v) is 14.6. The quantitative estimate of drug-likeness (QED) is 0.660. The third kappa shape index (κ3) is 4.32. The van der Waals surface area contributed by atoms with Gasteiger partial charge in [-0.25, -0.2) is 0 Å². The molecule has 128 valence electrons. The van der Waals surface area contributed by atoms with Gasteiger partial charge in [0.1, 0.15) is 0 Å². The van der Waals surface area contributed by atoms with Gasteiger partial charge in [0.15, 0.2) is 6.61 Å². The number of hydrogen-bond acceptors (Lipinski definition) is 5. The first kappa shape index (κ1) is 16.9. The molecule has 1 aromatic heterocycles. The molecule has 5 nitrogen and oxygen atoms in total. The van der Waals surface area contributed by atoms with Crippen LogP contribution in [-0.4, -0.2) is 16.2 Å². The van der Waals surface area contributed by atoms with Crippen LogP contribution in [0.4, 0.5) is 0 Å². The highest BCUT2D eigenvalue weighted by Gasteiger charge is 2.12. The maximum Gasteiger partial charge on any atom is 0.310 e. The van der Waals surface area contributed by atoms with E-state index in [9.17, 15) is 4.79 Å². The molecule has 0 fully saturated rings. The van der Waals surface area contributed by atoms with Crippen LogP contribution in [0, 0.1) is 20.8 Å². The Labute approximate surface area is 146 Å². The lowest BCUT2D eigenvalue weighted by Crippen LogP contribution is -2.08. The fourth-order valence-corrected chi connectivity index (χ4v) is 2.48. The van der Waals surface area contributed by atoms with Crippen molar-refractivity contribution in [3.63, 3.8) is 0 Å². The highest BCUT2D eigenvalue weighted by molar-refractivity contribution is 5.72. The maximum atomic E-state index is 12.0. The van der Waals surface area contributed by atoms with Crippen LogP contribution in [0.1, 0.15) is 28.1 Å². The minimum Gasteiger partial charge on any atom is -0.455 e. The van der Waals surface area contributed by atoms with E-state index in [0.29, 0.717) is 5.89 Å². The van der Waals surface area contributed by atoms with Gasteiger partial charge in [-0.15, -0.1) is 10.2 Å². The predicted molar refractivity (Wildman–Crippen MR) is 93.9 cm³/mol. The SMILES string of the molecule is Cc1cccc(-c2nnc(COC(=O)Cc3ccc(C)c(C)c3)o2)c1. The lowest BCUT2D eigenvalue weighted by atomic mass is 10.0. The van der Waals surface area contributed by atoms with Crippen molar-refractivity contribution in [1.29, 1.82) is 0 Å². The summed E-state index contributed by atoms with van der Waals surface area (Å²) in [5.41, 5.74) is 5.24. The fourth-order valence-electron chi connectivity index (χ4n) is 2.48. The van der Waals surface area contributed by atoms with Crippen LogP contribution in [0.25, 0.3) is 11.5 Å². The van der Waals surface area contributed by atoms with E-state index in [1.165, 1.54) is 5.56 Å². The number of benzene rings is 2. The van der Waals surface area contributed by atoms with Gasteiger partial charge in [-0.1, -0.05) is 35.9 Å². The Morgan fingerprint density at radius 2 is 1.88 bits per heavy atom. The zero-order chi connectivity index (χ0) is 17.8. The number of carbonyl (C=O) groups excluding carboxylic acids is 1. The minimum absolute atomic E-state index is 0.0253. The van der Waals surface area contributed by atoms with E-state index < -0.39 is 0 Å². The van der Waals surface area contributed by atoms with E-state index in [4.69, 9.17) is 9.15 Å². The van der Waals surface area contributed by atoms with Gasteiger partial charge in [-0.05, 0) is 49.6 Å². The molecular formula is C20H20N2O3. The summed E-state index contributed by atoms with van der Waals surface area (Å²) in [4.78, 5) is 12.0. The van der Waals surface area contributed by atoms with Gasteiger partial charge in [0.2, 0.25) is 5.89 Å². The number of esters is 1. The van der Waals surface area contributed by atoms with Crippen LogP contribution >= 0.6 is 0 Å². The third-order valence-electron chi connectivity index (χ3n) is 4.01. The van der Waals surface area contributed by atoms with E-state index in [1.807, 2.05) is 63.2 Å². The smallest absolute Gasteiger partial charge is 0.310 e. The van der Waals surface area contributed by atoms with Gasteiger partial charge in [-0.2, -0.15) is 0 Å². The van der Waals surface area contributed by atoms with Gasteiger partial charge in [0, 0.05) is 5.56 Å². The number of aryl methyl sites for hydroxylation is 3. The molecule has 3 rings (SSSR count). The molecule has 5 heteroatoms. The number of carbonyl (C=O) groups is 1. The number of ether oxygens (including phenoxy) is 1. The average Bonchev–Trinajstić information content (AvgIpc) is 3.05. The minimum atomic E-state index is -0.321. The molecule has 0 aliphatic carbocycles. The molecule has 2 aromatic carbocycles. The van der Waals surface area contributed by atoms with Crippen molar-refractivity contribution in [2.24, 2.45) is 0 Å². The second kappa shape index (κ2) is 7.30. The van der Waals surface area contributed by atoms with Crippen LogP contribution < -0.4 is 0 Å². The van der Waals surface area contributed by atoms with Crippen molar-refractivity contribution in [3.8, 4) is 11.5 Å². The fraction of sp³-hybridized carbons (Fsp3) is 0.250. The van der Waals surface area contributed by atoms with E-state index >= 15 is 0 Å². The zero-order valence-electron chi connectivity index (χ0n) is 14.6. The maximum absolute atomic E-state index is 12.0. The monoisotopic (exact) mass is 336 g/mol. The molecule has 0 saturated heterocycles. The Bertz CT molecular complexity index is 899. The Kier molecular flexibility index (Phi) is 4.93. The molecule has 0 saturated carbocycles. The van der Waals surface area contributed by atoms with Crippen molar-refractivity contribution < 1.29 is 13.9 Å². The Morgan fingerprint density at radius 1 is 1.04 bits per heavy atom. The molecule has 0 bridgehead atoms. The average molecular weight is 336 g/mol. The summed E-state index contributed by atoms with van der Waals surface area (Å²) in [5, 5.41) is 7.94. The van der Waals surface area contributed by atoms with Gasteiger partial charge >= 0.3 is 5.97 Å². The van der Waals surface area contributed by atoms with Gasteiger partial charge in [0.05, 0.1) is 6.42 Å². The van der Waals surface area contributed by atoms with Crippen LogP contribution in [0.3, 0.4) is 0 Å². The van der Waals surface area contributed by atoms with E-state index in [2.05, 4.69) is 10.2 Å². The number of hydrogen-bond donors (Lipinski definition) is 0. The summed E-state index contributed by atoms with van der Waals surface area (Å²) < 4.78 is 10.8. The summed E-state index contributed by atoms with van der Waals surface area (Å²) in [7, 11) is 0. The second-order valence-corrected chi connectivity index (χ2v) is 6.13. The molecule has 3 aromatic rings. The summed E-state index contributed by atoms with van der Waals surface area (Å²) >= 11 is 0. The van der Waals surface area contributed by atoms with Gasteiger partial charge in [-0.3, -0.25) is 4.79 Å². The first-order chi connectivity index (χ1) is 12.0. The van der Waals surface area contributed by atoms with Gasteiger partial charge < -0.3 is 9.15 Å². The molecule has 0 aliphatic rings. The van der Waals surface area contributed by atoms with Gasteiger partial charge in [0.25, 0.3) is 5.89 Å². The highest BCUT2D eigenvalue weighted by Crippen LogP contribution is 2.19. The standard InChI is InChI=1S/C20H20N2O3/c1-13-5-4-6-17(9-13)20-22-21-18(25-20)12-24-19(23)11-16-8-7-14(2)15(3)10-16/h4-10H,11-12H2,1-3H3. The second-order valence-electron chi connectivity index (χ2n) is 6.13. The molecule has 0 aliphatic heterocycles. The lowest BCUT2D eigenvalue weighted by molar-refractivity contribution is -0.144. The summed E-state index contributed by atoms with van der Waals surface area (Å²) in [6.07, 6.45) is 0.222. The molecule has 0 unspecified atom stereocenters. The van der Waals surface area contributed by atoms with Crippen molar-refractivity contribution in [1.82, 2.24) is 10.2 Å². The first-order valence-electron chi connectivity index (χ1n) is 8.12. The van der Waals surface area contributed by atoms with Crippen LogP contribution in [0.15, 0.2) is 46.9 Å². The number of aromatic nitrogens is 2. The van der Waals surface area contributed by atoms with Crippen molar-refractivity contribution in [2.45, 2.75) is 33.8 Å². The number of rotatable bonds is 5. The molecule has 0 spiro atoms. The van der Waals surface area contributed by atoms with Crippen LogP contribution in [-0.2, 0) is 22.6 Å². The van der Waals surface area contributed by atoms with E-state index in [-0.39, 0.29) is 24.9 Å². The van der Waals surface area contributed by atoms with Crippen molar-refractivity contribution in [2.75, 3.05) is 0 Å². The largest absolute Gasteiger partial charge is 0.455 e. The number of nitrogens with zero attached hydrogens (tertiary/aromatic N) is 2. The van der Waals surface area contributed by atoms with Crippen LogP contribution in [0.2, 0.25) is 0 Å². The summed E-state index contributed by atoms with van der Waals surface area (Å²) in [5.74, 6) is 0.382. The summed E-state index contributed by atoms with van der Waals surface area (Å²) in [6.45, 7) is 6.03. The van der Waals surface area contributed by atoms with E-state index in [1.54, 1.807) is 0 Å². The molecule has 1 heterocycles. The first-order valence-corrected chi connectivity index (χ1v) is 8.12. The van der Waals surface area contributed by atoms with E-state index in [0.717, 1.165) is 22.3 Å². The van der Waals surface area contributed by atoms with Crippen molar-refractivity contribution >= 4 is 5.97 Å². The molecule has 0 radical (unpaired) electrons. The molecule has 0 amide bonds. The molecular weight excluding hydrogens is 316 g/mol. The normalized spacial score (nSPS) is 10.7. The molecule has 25 heavy (non-hydrogen) atoms. The highest BCUT2D eigenvalue weighted by atomic mass is 16.5. The predicted octanol–water partition coefficient (Wildman–Crippen LogP) is 3.95. The Morgan fingerprint density at radius 3 is 2.64 bits per heavy atom. The van der Waals surface area contributed by atoms with Crippen molar-refractivity contribution in [3.05, 3.63) is 70.6 Å².